The standard InChI is InChI=1S/C19H22N6O/c26-19(9-10-25-18-4-2-1-3-16(18)11-21-25)23-17-7-5-15(6-8-17)12-24-14-20-13-22-24/h5-8,11,13-14H,1-4,9-10,12H2,(H,23,26). The molecule has 0 aliphatic heterocycles. The summed E-state index contributed by atoms with van der Waals surface area (Å²) >= 11 is 0. The van der Waals surface area contributed by atoms with Gasteiger partial charge in [-0.25, -0.2) is 9.67 Å². The summed E-state index contributed by atoms with van der Waals surface area (Å²) in [6, 6.07) is 7.81. The Morgan fingerprint density at radius 1 is 1.12 bits per heavy atom. The van der Waals surface area contributed by atoms with Gasteiger partial charge in [-0.05, 0) is 48.9 Å². The molecule has 7 heteroatoms. The third-order valence-corrected chi connectivity index (χ3v) is 4.74. The zero-order valence-corrected chi connectivity index (χ0v) is 14.6. The van der Waals surface area contributed by atoms with E-state index in [0.717, 1.165) is 24.1 Å². The van der Waals surface area contributed by atoms with E-state index in [4.69, 9.17) is 0 Å². The van der Waals surface area contributed by atoms with Crippen molar-refractivity contribution in [2.24, 2.45) is 0 Å². The molecule has 0 unspecified atom stereocenters. The van der Waals surface area contributed by atoms with Gasteiger partial charge in [0.15, 0.2) is 0 Å². The van der Waals surface area contributed by atoms with Crippen molar-refractivity contribution in [3.8, 4) is 0 Å². The van der Waals surface area contributed by atoms with E-state index in [9.17, 15) is 4.79 Å². The van der Waals surface area contributed by atoms with Crippen LogP contribution >= 0.6 is 0 Å². The summed E-state index contributed by atoms with van der Waals surface area (Å²) in [5, 5.41) is 11.5. The lowest BCUT2D eigenvalue weighted by atomic mass is 9.98. The molecule has 1 aromatic carbocycles. The highest BCUT2D eigenvalue weighted by molar-refractivity contribution is 5.90. The molecule has 1 amide bonds. The van der Waals surface area contributed by atoms with Crippen molar-refractivity contribution >= 4 is 11.6 Å². The molecule has 0 bridgehead atoms. The molecule has 7 nitrogen and oxygen atoms in total. The van der Waals surface area contributed by atoms with E-state index < -0.39 is 0 Å². The number of amides is 1. The Labute approximate surface area is 152 Å². The fraction of sp³-hybridized carbons (Fsp3) is 0.368. The van der Waals surface area contributed by atoms with Gasteiger partial charge in [0.1, 0.15) is 12.7 Å². The van der Waals surface area contributed by atoms with E-state index in [1.54, 1.807) is 11.0 Å². The number of rotatable bonds is 6. The highest BCUT2D eigenvalue weighted by Gasteiger charge is 2.15. The van der Waals surface area contributed by atoms with Gasteiger partial charge < -0.3 is 5.32 Å². The van der Waals surface area contributed by atoms with Crippen molar-refractivity contribution in [2.45, 2.75) is 45.2 Å². The Bertz CT molecular complexity index is 866. The van der Waals surface area contributed by atoms with E-state index >= 15 is 0 Å². The van der Waals surface area contributed by atoms with Crippen molar-refractivity contribution in [3.05, 3.63) is 59.9 Å². The molecule has 0 saturated carbocycles. The van der Waals surface area contributed by atoms with Gasteiger partial charge in [0.25, 0.3) is 0 Å². The predicted molar refractivity (Wildman–Crippen MR) is 97.7 cm³/mol. The number of aryl methyl sites for hydroxylation is 2. The molecule has 4 rings (SSSR count). The summed E-state index contributed by atoms with van der Waals surface area (Å²) in [5.74, 6) is 0.00841. The Hall–Kier alpha value is -2.96. The third-order valence-electron chi connectivity index (χ3n) is 4.74. The summed E-state index contributed by atoms with van der Waals surface area (Å²) < 4.78 is 3.76. The molecule has 134 valence electrons. The van der Waals surface area contributed by atoms with Crippen LogP contribution in [0.3, 0.4) is 0 Å². The molecule has 1 N–H and O–H groups in total. The zero-order valence-electron chi connectivity index (χ0n) is 14.6. The molecule has 1 aliphatic carbocycles. The number of carbonyl (C=O) groups is 1. The van der Waals surface area contributed by atoms with Gasteiger partial charge in [-0.3, -0.25) is 9.48 Å². The first-order valence-corrected chi connectivity index (χ1v) is 9.03. The zero-order chi connectivity index (χ0) is 17.8. The van der Waals surface area contributed by atoms with Crippen molar-refractivity contribution in [1.29, 1.82) is 0 Å². The number of fused-ring (bicyclic) bond motifs is 1. The van der Waals surface area contributed by atoms with E-state index in [1.165, 1.54) is 30.4 Å². The molecule has 0 saturated heterocycles. The molecular weight excluding hydrogens is 328 g/mol. The number of carbonyl (C=O) groups excluding carboxylic acids is 1. The fourth-order valence-electron chi connectivity index (χ4n) is 3.37. The van der Waals surface area contributed by atoms with Crippen molar-refractivity contribution in [2.75, 3.05) is 5.32 Å². The SMILES string of the molecule is O=C(CCn1ncc2c1CCCC2)Nc1ccc(Cn2cncn2)cc1. The fourth-order valence-corrected chi connectivity index (χ4v) is 3.37. The minimum Gasteiger partial charge on any atom is -0.326 e. The lowest BCUT2D eigenvalue weighted by molar-refractivity contribution is -0.116. The van der Waals surface area contributed by atoms with E-state index in [2.05, 4.69) is 20.5 Å². The third kappa shape index (κ3) is 3.82. The average Bonchev–Trinajstić information content (AvgIpc) is 3.31. The predicted octanol–water partition coefficient (Wildman–Crippen LogP) is 2.43. The largest absolute Gasteiger partial charge is 0.326 e. The van der Waals surface area contributed by atoms with Gasteiger partial charge in [0, 0.05) is 24.3 Å². The number of aromatic nitrogens is 5. The maximum absolute atomic E-state index is 12.2. The van der Waals surface area contributed by atoms with Crippen LogP contribution in [0.2, 0.25) is 0 Å². The van der Waals surface area contributed by atoms with Crippen LogP contribution in [-0.2, 0) is 30.7 Å². The second-order valence-electron chi connectivity index (χ2n) is 6.63. The first kappa shape index (κ1) is 16.5. The van der Waals surface area contributed by atoms with Crippen LogP contribution in [0.15, 0.2) is 43.1 Å². The number of hydrogen-bond donors (Lipinski definition) is 1. The van der Waals surface area contributed by atoms with Gasteiger partial charge in [-0.1, -0.05) is 12.1 Å². The highest BCUT2D eigenvalue weighted by Crippen LogP contribution is 2.20. The molecule has 0 spiro atoms. The second kappa shape index (κ2) is 7.51. The summed E-state index contributed by atoms with van der Waals surface area (Å²) in [6.45, 7) is 1.30. The summed E-state index contributed by atoms with van der Waals surface area (Å²) in [5.41, 5.74) is 4.57. The van der Waals surface area contributed by atoms with E-state index in [-0.39, 0.29) is 5.91 Å². The molecular formula is C19H22N6O. The summed E-state index contributed by atoms with van der Waals surface area (Å²) in [4.78, 5) is 16.2. The molecule has 0 fully saturated rings. The quantitative estimate of drug-likeness (QED) is 0.741. The van der Waals surface area contributed by atoms with E-state index in [1.807, 2.05) is 35.1 Å². The molecule has 1 aliphatic rings. The van der Waals surface area contributed by atoms with Gasteiger partial charge in [-0.15, -0.1) is 0 Å². The van der Waals surface area contributed by atoms with Gasteiger partial charge in [0.2, 0.25) is 5.91 Å². The van der Waals surface area contributed by atoms with Gasteiger partial charge in [0.05, 0.1) is 12.7 Å². The van der Waals surface area contributed by atoms with Crippen LogP contribution in [0.25, 0.3) is 0 Å². The lowest BCUT2D eigenvalue weighted by Gasteiger charge is -2.13. The maximum atomic E-state index is 12.2. The van der Waals surface area contributed by atoms with Crippen LogP contribution in [0.1, 0.15) is 36.1 Å². The van der Waals surface area contributed by atoms with Crippen molar-refractivity contribution in [1.82, 2.24) is 24.5 Å². The second-order valence-corrected chi connectivity index (χ2v) is 6.63. The normalized spacial score (nSPS) is 13.4. The number of benzene rings is 1. The van der Waals surface area contributed by atoms with Crippen molar-refractivity contribution < 1.29 is 4.79 Å². The Morgan fingerprint density at radius 3 is 2.77 bits per heavy atom. The Kier molecular flexibility index (Phi) is 4.77. The molecule has 26 heavy (non-hydrogen) atoms. The lowest BCUT2D eigenvalue weighted by Crippen LogP contribution is -2.17. The van der Waals surface area contributed by atoms with Gasteiger partial charge in [-0.2, -0.15) is 10.2 Å². The van der Waals surface area contributed by atoms with Crippen molar-refractivity contribution in [3.63, 3.8) is 0 Å². The van der Waals surface area contributed by atoms with Crippen LogP contribution in [0.4, 0.5) is 5.69 Å². The molecule has 2 aromatic heterocycles. The molecule has 3 aromatic rings. The number of nitrogens with one attached hydrogen (secondary N) is 1. The topological polar surface area (TPSA) is 77.6 Å². The number of nitrogens with zero attached hydrogens (tertiary/aromatic N) is 5. The average molecular weight is 350 g/mol. The minimum atomic E-state index is 0.00841. The number of anilines is 1. The monoisotopic (exact) mass is 350 g/mol. The smallest absolute Gasteiger partial charge is 0.226 e. The number of hydrogen-bond acceptors (Lipinski definition) is 4. The van der Waals surface area contributed by atoms with E-state index in [0.29, 0.717) is 19.5 Å². The Balaban J connectivity index is 1.30. The van der Waals surface area contributed by atoms with Crippen LogP contribution in [0.5, 0.6) is 0 Å². The molecule has 0 radical (unpaired) electrons. The minimum absolute atomic E-state index is 0.00841. The summed E-state index contributed by atoms with van der Waals surface area (Å²) in [7, 11) is 0. The molecule has 2 heterocycles. The highest BCUT2D eigenvalue weighted by atomic mass is 16.1. The maximum Gasteiger partial charge on any atom is 0.226 e. The summed E-state index contributed by atoms with van der Waals surface area (Å²) in [6.07, 6.45) is 10.2. The molecule has 0 atom stereocenters. The van der Waals surface area contributed by atoms with Gasteiger partial charge >= 0.3 is 0 Å². The van der Waals surface area contributed by atoms with Crippen LogP contribution < -0.4 is 5.32 Å². The first-order valence-electron chi connectivity index (χ1n) is 9.03. The first-order chi connectivity index (χ1) is 12.8. The van der Waals surface area contributed by atoms with Crippen LogP contribution in [0, 0.1) is 0 Å². The Morgan fingerprint density at radius 2 is 1.96 bits per heavy atom. The van der Waals surface area contributed by atoms with Crippen LogP contribution in [-0.4, -0.2) is 30.5 Å².